The van der Waals surface area contributed by atoms with Crippen LogP contribution in [0.25, 0.3) is 0 Å². The van der Waals surface area contributed by atoms with Gasteiger partial charge in [0, 0.05) is 18.1 Å². The van der Waals surface area contributed by atoms with Gasteiger partial charge in [-0.25, -0.2) is 14.9 Å². The second-order valence-electron chi connectivity index (χ2n) is 7.26. The predicted molar refractivity (Wildman–Crippen MR) is 108 cm³/mol. The van der Waals surface area contributed by atoms with Crippen molar-refractivity contribution in [3.05, 3.63) is 63.1 Å². The summed E-state index contributed by atoms with van der Waals surface area (Å²) < 4.78 is 0. The second-order valence-corrected chi connectivity index (χ2v) is 8.51. The quantitative estimate of drug-likeness (QED) is 0.663. The van der Waals surface area contributed by atoms with E-state index in [-0.39, 0.29) is 17.9 Å². The minimum absolute atomic E-state index is 0.186. The van der Waals surface area contributed by atoms with Crippen molar-refractivity contribution >= 4 is 52.3 Å². The molecule has 3 heterocycles. The number of imide groups is 1. The molecule has 3 aliphatic rings. The fourth-order valence-corrected chi connectivity index (χ4v) is 5.07. The summed E-state index contributed by atoms with van der Waals surface area (Å²) in [7, 11) is 0. The van der Waals surface area contributed by atoms with E-state index in [9.17, 15) is 9.59 Å². The van der Waals surface area contributed by atoms with E-state index in [1.54, 1.807) is 18.2 Å². The fourth-order valence-electron chi connectivity index (χ4n) is 4.65. The van der Waals surface area contributed by atoms with E-state index >= 15 is 0 Å². The summed E-state index contributed by atoms with van der Waals surface area (Å²) in [6.07, 6.45) is 0.960. The fraction of sp³-hybridized carbons (Fsp3) is 0.300. The number of hydrazine groups is 1. The lowest BCUT2D eigenvalue weighted by Gasteiger charge is -2.29. The normalized spacial score (nSPS) is 27.5. The van der Waals surface area contributed by atoms with E-state index in [4.69, 9.17) is 34.8 Å². The molecule has 3 aliphatic heterocycles. The van der Waals surface area contributed by atoms with Gasteiger partial charge in [0.15, 0.2) is 0 Å². The van der Waals surface area contributed by atoms with Crippen LogP contribution in [0.15, 0.2) is 42.5 Å². The summed E-state index contributed by atoms with van der Waals surface area (Å²) in [6.45, 7) is 1.59. The molecular weight excluding hydrogens is 421 g/mol. The molecule has 5 rings (SSSR count). The van der Waals surface area contributed by atoms with Crippen LogP contribution in [0, 0.1) is 5.92 Å². The van der Waals surface area contributed by atoms with Crippen LogP contribution in [-0.4, -0.2) is 41.0 Å². The van der Waals surface area contributed by atoms with Crippen molar-refractivity contribution in [2.24, 2.45) is 5.92 Å². The molecule has 0 aliphatic carbocycles. The van der Waals surface area contributed by atoms with E-state index in [1.807, 2.05) is 24.3 Å². The van der Waals surface area contributed by atoms with E-state index in [2.05, 4.69) is 10.0 Å². The van der Waals surface area contributed by atoms with E-state index in [1.165, 1.54) is 4.90 Å². The highest BCUT2D eigenvalue weighted by Crippen LogP contribution is 2.49. The maximum atomic E-state index is 13.4. The number of fused-ring (bicyclic) bond motifs is 3. The van der Waals surface area contributed by atoms with Crippen LogP contribution in [0.1, 0.15) is 18.0 Å². The van der Waals surface area contributed by atoms with Crippen molar-refractivity contribution in [1.29, 1.82) is 0 Å². The van der Waals surface area contributed by atoms with Crippen LogP contribution in [-0.2, 0) is 9.59 Å². The van der Waals surface area contributed by atoms with Gasteiger partial charge in [-0.3, -0.25) is 9.59 Å². The first-order valence-electron chi connectivity index (χ1n) is 9.09. The van der Waals surface area contributed by atoms with Gasteiger partial charge in [0.25, 0.3) is 5.91 Å². The number of rotatable bonds is 2. The average molecular weight is 437 g/mol. The molecule has 3 fully saturated rings. The zero-order valence-corrected chi connectivity index (χ0v) is 17.0. The number of anilines is 1. The SMILES string of the molecule is O=C1[C@@H]2[C@@H](C(=O)N1c1ccc(Cl)c(Cl)c1)N1CCCN1[C@H]2c1ccc(Cl)cc1. The number of hydrogen-bond donors (Lipinski definition) is 0. The first-order chi connectivity index (χ1) is 13.5. The number of hydrogen-bond acceptors (Lipinski definition) is 4. The summed E-state index contributed by atoms with van der Waals surface area (Å²) in [5, 5.41) is 5.56. The van der Waals surface area contributed by atoms with Gasteiger partial charge in [0.1, 0.15) is 6.04 Å². The molecule has 0 unspecified atom stereocenters. The number of amides is 2. The Labute approximate surface area is 177 Å². The summed E-state index contributed by atoms with van der Waals surface area (Å²) in [5.41, 5.74) is 1.44. The largest absolute Gasteiger partial charge is 0.274 e. The summed E-state index contributed by atoms with van der Waals surface area (Å²) >= 11 is 18.2. The van der Waals surface area contributed by atoms with E-state index in [0.717, 1.165) is 25.1 Å². The van der Waals surface area contributed by atoms with E-state index < -0.39 is 12.0 Å². The third kappa shape index (κ3) is 2.61. The minimum atomic E-state index is -0.495. The van der Waals surface area contributed by atoms with Gasteiger partial charge in [-0.2, -0.15) is 0 Å². The highest BCUT2D eigenvalue weighted by molar-refractivity contribution is 6.42. The van der Waals surface area contributed by atoms with Gasteiger partial charge < -0.3 is 0 Å². The van der Waals surface area contributed by atoms with Crippen molar-refractivity contribution in [3.8, 4) is 0 Å². The van der Waals surface area contributed by atoms with Gasteiger partial charge in [0.2, 0.25) is 5.91 Å². The van der Waals surface area contributed by atoms with Crippen LogP contribution >= 0.6 is 34.8 Å². The molecule has 2 amide bonds. The molecule has 0 saturated carbocycles. The van der Waals surface area contributed by atoms with Gasteiger partial charge in [-0.15, -0.1) is 0 Å². The van der Waals surface area contributed by atoms with Crippen LogP contribution in [0.2, 0.25) is 15.1 Å². The molecular formula is C20H16Cl3N3O2. The number of carbonyl (C=O) groups is 2. The van der Waals surface area contributed by atoms with Gasteiger partial charge in [-0.05, 0) is 42.3 Å². The van der Waals surface area contributed by atoms with Crippen molar-refractivity contribution in [1.82, 2.24) is 10.0 Å². The number of halogens is 3. The number of benzene rings is 2. The first kappa shape index (κ1) is 18.4. The van der Waals surface area contributed by atoms with Crippen molar-refractivity contribution in [3.63, 3.8) is 0 Å². The topological polar surface area (TPSA) is 43.9 Å². The molecule has 0 radical (unpaired) electrons. The molecule has 144 valence electrons. The lowest BCUT2D eigenvalue weighted by atomic mass is 9.90. The Morgan fingerprint density at radius 3 is 2.14 bits per heavy atom. The Kier molecular flexibility index (Phi) is 4.41. The minimum Gasteiger partial charge on any atom is -0.274 e. The van der Waals surface area contributed by atoms with Crippen LogP contribution in [0.3, 0.4) is 0 Å². The summed E-state index contributed by atoms with van der Waals surface area (Å²) in [5.74, 6) is -0.886. The highest BCUT2D eigenvalue weighted by Gasteiger charge is 2.62. The Bertz CT molecular complexity index is 981. The monoisotopic (exact) mass is 435 g/mol. The molecule has 3 saturated heterocycles. The van der Waals surface area contributed by atoms with Gasteiger partial charge in [-0.1, -0.05) is 46.9 Å². The van der Waals surface area contributed by atoms with Gasteiger partial charge in [0.05, 0.1) is 27.7 Å². The maximum Gasteiger partial charge on any atom is 0.253 e. The van der Waals surface area contributed by atoms with Crippen LogP contribution in [0.5, 0.6) is 0 Å². The third-order valence-electron chi connectivity index (χ3n) is 5.78. The predicted octanol–water partition coefficient (Wildman–Crippen LogP) is 4.18. The molecule has 0 aromatic heterocycles. The molecule has 2 aromatic carbocycles. The van der Waals surface area contributed by atoms with Gasteiger partial charge >= 0.3 is 0 Å². The Balaban J connectivity index is 1.58. The van der Waals surface area contributed by atoms with Crippen LogP contribution in [0.4, 0.5) is 5.69 Å². The van der Waals surface area contributed by atoms with Crippen molar-refractivity contribution in [2.45, 2.75) is 18.5 Å². The van der Waals surface area contributed by atoms with Crippen LogP contribution < -0.4 is 4.90 Å². The lowest BCUT2D eigenvalue weighted by molar-refractivity contribution is -0.126. The molecule has 0 spiro atoms. The molecule has 28 heavy (non-hydrogen) atoms. The molecule has 0 bridgehead atoms. The average Bonchev–Trinajstić information content (AvgIpc) is 3.31. The third-order valence-corrected chi connectivity index (χ3v) is 6.77. The zero-order chi connectivity index (χ0) is 19.6. The standard InChI is InChI=1S/C20H16Cl3N3O2/c21-12-4-2-11(3-5-12)17-16-18(25-9-1-8-24(17)25)20(28)26(19(16)27)13-6-7-14(22)15(23)10-13/h2-7,10,16-18H,1,8-9H2/t16-,17-,18-/m0/s1. The van der Waals surface area contributed by atoms with Crippen molar-refractivity contribution < 1.29 is 9.59 Å². The lowest BCUT2D eigenvalue weighted by Crippen LogP contribution is -2.44. The number of nitrogens with zero attached hydrogens (tertiary/aromatic N) is 3. The molecule has 2 aromatic rings. The smallest absolute Gasteiger partial charge is 0.253 e. The Morgan fingerprint density at radius 1 is 0.786 bits per heavy atom. The highest BCUT2D eigenvalue weighted by atomic mass is 35.5. The Morgan fingerprint density at radius 2 is 1.46 bits per heavy atom. The summed E-state index contributed by atoms with van der Waals surface area (Å²) in [4.78, 5) is 28.0. The summed E-state index contributed by atoms with van der Waals surface area (Å²) in [6, 6.07) is 11.7. The molecule has 0 N–H and O–H groups in total. The second kappa shape index (κ2) is 6.71. The van der Waals surface area contributed by atoms with Crippen molar-refractivity contribution in [2.75, 3.05) is 18.0 Å². The maximum absolute atomic E-state index is 13.4. The molecule has 8 heteroatoms. The Hall–Kier alpha value is -1.63. The number of carbonyl (C=O) groups excluding carboxylic acids is 2. The zero-order valence-electron chi connectivity index (χ0n) is 14.7. The molecule has 3 atom stereocenters. The van der Waals surface area contributed by atoms with E-state index in [0.29, 0.717) is 20.8 Å². The molecule has 5 nitrogen and oxygen atoms in total. The first-order valence-corrected chi connectivity index (χ1v) is 10.2.